The van der Waals surface area contributed by atoms with Crippen LogP contribution in [0.25, 0.3) is 0 Å². The number of ether oxygens (including phenoxy) is 1. The standard InChI is InChI=1S/C17H27FN4O.HI/c1-13(22-8-9-23-12-14(22)2)10-20-17(19-3)21-11-15-4-6-16(18)7-5-15;/h4-7,13-14H,8-12H2,1-3H3,(H2,19,20,21);1H. The quantitative estimate of drug-likeness (QED) is 0.411. The Labute approximate surface area is 161 Å². The van der Waals surface area contributed by atoms with Crippen LogP contribution in [0, 0.1) is 5.82 Å². The Morgan fingerprint density at radius 3 is 2.71 bits per heavy atom. The van der Waals surface area contributed by atoms with E-state index < -0.39 is 0 Å². The largest absolute Gasteiger partial charge is 0.379 e. The highest BCUT2D eigenvalue weighted by molar-refractivity contribution is 14.0. The van der Waals surface area contributed by atoms with E-state index in [0.717, 1.165) is 37.8 Å². The molecule has 2 atom stereocenters. The maximum absolute atomic E-state index is 12.9. The Balaban J connectivity index is 0.00000288. The van der Waals surface area contributed by atoms with Gasteiger partial charge in [0.05, 0.1) is 13.2 Å². The Kier molecular flexibility index (Phi) is 9.53. The first-order chi connectivity index (χ1) is 11.1. The molecule has 0 bridgehead atoms. The summed E-state index contributed by atoms with van der Waals surface area (Å²) in [7, 11) is 1.75. The summed E-state index contributed by atoms with van der Waals surface area (Å²) in [5, 5.41) is 6.60. The van der Waals surface area contributed by atoms with Crippen LogP contribution in [-0.2, 0) is 11.3 Å². The number of rotatable bonds is 5. The summed E-state index contributed by atoms with van der Waals surface area (Å²) >= 11 is 0. The van der Waals surface area contributed by atoms with E-state index in [1.165, 1.54) is 12.1 Å². The van der Waals surface area contributed by atoms with Gasteiger partial charge in [-0.05, 0) is 31.5 Å². The van der Waals surface area contributed by atoms with Crippen molar-refractivity contribution >= 4 is 29.9 Å². The first kappa shape index (κ1) is 21.1. The molecule has 0 spiro atoms. The lowest BCUT2D eigenvalue weighted by molar-refractivity contribution is -0.0174. The van der Waals surface area contributed by atoms with Crippen molar-refractivity contribution in [1.29, 1.82) is 0 Å². The fourth-order valence-corrected chi connectivity index (χ4v) is 2.77. The van der Waals surface area contributed by atoms with Gasteiger partial charge in [-0.15, -0.1) is 24.0 Å². The molecule has 1 aliphatic rings. The molecule has 1 saturated heterocycles. The van der Waals surface area contributed by atoms with Crippen molar-refractivity contribution < 1.29 is 9.13 Å². The van der Waals surface area contributed by atoms with Gasteiger partial charge >= 0.3 is 0 Å². The number of benzene rings is 1. The lowest BCUT2D eigenvalue weighted by Gasteiger charge is -2.38. The highest BCUT2D eigenvalue weighted by Gasteiger charge is 2.23. The number of halogens is 2. The van der Waals surface area contributed by atoms with Crippen molar-refractivity contribution in [3.05, 3.63) is 35.6 Å². The number of nitrogens with zero attached hydrogens (tertiary/aromatic N) is 2. The molecule has 0 radical (unpaired) electrons. The van der Waals surface area contributed by atoms with E-state index in [1.54, 1.807) is 19.2 Å². The van der Waals surface area contributed by atoms with Gasteiger partial charge in [-0.3, -0.25) is 9.89 Å². The van der Waals surface area contributed by atoms with E-state index in [2.05, 4.69) is 34.4 Å². The van der Waals surface area contributed by atoms with Crippen LogP contribution in [0.4, 0.5) is 4.39 Å². The smallest absolute Gasteiger partial charge is 0.191 e. The molecule has 2 unspecified atom stereocenters. The minimum atomic E-state index is -0.218. The zero-order valence-electron chi connectivity index (χ0n) is 14.6. The van der Waals surface area contributed by atoms with Crippen molar-refractivity contribution in [3.63, 3.8) is 0 Å². The van der Waals surface area contributed by atoms with E-state index in [9.17, 15) is 4.39 Å². The van der Waals surface area contributed by atoms with E-state index in [1.807, 2.05) is 0 Å². The summed E-state index contributed by atoms with van der Waals surface area (Å²) in [6.45, 7) is 8.38. The van der Waals surface area contributed by atoms with Crippen LogP contribution in [0.2, 0.25) is 0 Å². The molecule has 2 rings (SSSR count). The van der Waals surface area contributed by atoms with Crippen molar-refractivity contribution in [2.24, 2.45) is 4.99 Å². The highest BCUT2D eigenvalue weighted by atomic mass is 127. The molecule has 24 heavy (non-hydrogen) atoms. The van der Waals surface area contributed by atoms with E-state index in [-0.39, 0.29) is 29.8 Å². The minimum absolute atomic E-state index is 0. The maximum Gasteiger partial charge on any atom is 0.191 e. The molecule has 0 aromatic heterocycles. The van der Waals surface area contributed by atoms with Crippen LogP contribution in [0.15, 0.2) is 29.3 Å². The van der Waals surface area contributed by atoms with Gasteiger partial charge in [0.15, 0.2) is 5.96 Å². The van der Waals surface area contributed by atoms with Gasteiger partial charge in [-0.25, -0.2) is 4.39 Å². The monoisotopic (exact) mass is 450 g/mol. The molecule has 1 aromatic carbocycles. The molecule has 0 aliphatic carbocycles. The zero-order valence-corrected chi connectivity index (χ0v) is 16.9. The summed E-state index contributed by atoms with van der Waals surface area (Å²) in [5.74, 6) is 0.534. The number of hydrogen-bond acceptors (Lipinski definition) is 3. The number of hydrogen-bond donors (Lipinski definition) is 2. The summed E-state index contributed by atoms with van der Waals surface area (Å²) in [4.78, 5) is 6.68. The predicted octanol–water partition coefficient (Wildman–Crippen LogP) is 2.22. The summed E-state index contributed by atoms with van der Waals surface area (Å²) in [6.07, 6.45) is 0. The normalized spacial score (nSPS) is 20.2. The second kappa shape index (κ2) is 10.8. The van der Waals surface area contributed by atoms with Gasteiger partial charge in [-0.2, -0.15) is 0 Å². The third-order valence-corrected chi connectivity index (χ3v) is 4.15. The molecule has 0 amide bonds. The fraction of sp³-hybridized carbons (Fsp3) is 0.588. The first-order valence-corrected chi connectivity index (χ1v) is 8.12. The number of guanidine groups is 1. The molecular formula is C17H28FIN4O. The molecule has 5 nitrogen and oxygen atoms in total. The van der Waals surface area contributed by atoms with Gasteiger partial charge in [-0.1, -0.05) is 12.1 Å². The van der Waals surface area contributed by atoms with Gasteiger partial charge in [0.2, 0.25) is 0 Å². The van der Waals surface area contributed by atoms with Crippen LogP contribution in [0.3, 0.4) is 0 Å². The van der Waals surface area contributed by atoms with Gasteiger partial charge in [0.25, 0.3) is 0 Å². The van der Waals surface area contributed by atoms with Crippen LogP contribution in [-0.4, -0.2) is 56.3 Å². The number of aliphatic imine (C=N–C) groups is 1. The Bertz CT molecular complexity index is 512. The third-order valence-electron chi connectivity index (χ3n) is 4.15. The Morgan fingerprint density at radius 2 is 2.08 bits per heavy atom. The van der Waals surface area contributed by atoms with E-state index >= 15 is 0 Å². The minimum Gasteiger partial charge on any atom is -0.379 e. The molecule has 1 heterocycles. The lowest BCUT2D eigenvalue weighted by atomic mass is 10.2. The second-order valence-corrected chi connectivity index (χ2v) is 5.94. The summed E-state index contributed by atoms with van der Waals surface area (Å²) in [6, 6.07) is 7.32. The predicted molar refractivity (Wildman–Crippen MR) is 106 cm³/mol. The molecule has 2 N–H and O–H groups in total. The first-order valence-electron chi connectivity index (χ1n) is 8.12. The number of morpholine rings is 1. The molecular weight excluding hydrogens is 422 g/mol. The van der Waals surface area contributed by atoms with Crippen molar-refractivity contribution in [3.8, 4) is 0 Å². The van der Waals surface area contributed by atoms with Crippen LogP contribution in [0.5, 0.6) is 0 Å². The topological polar surface area (TPSA) is 48.9 Å². The second-order valence-electron chi connectivity index (χ2n) is 5.94. The van der Waals surface area contributed by atoms with Crippen LogP contribution in [0.1, 0.15) is 19.4 Å². The van der Waals surface area contributed by atoms with Crippen molar-refractivity contribution in [2.45, 2.75) is 32.5 Å². The molecule has 1 fully saturated rings. The molecule has 1 aliphatic heterocycles. The molecule has 136 valence electrons. The molecule has 7 heteroatoms. The van der Waals surface area contributed by atoms with Gasteiger partial charge < -0.3 is 15.4 Å². The molecule has 1 aromatic rings. The van der Waals surface area contributed by atoms with Gasteiger partial charge in [0, 0.05) is 38.8 Å². The SMILES string of the molecule is CN=C(NCc1ccc(F)cc1)NCC(C)N1CCOCC1C.I. The Morgan fingerprint density at radius 1 is 1.38 bits per heavy atom. The number of nitrogens with one attached hydrogen (secondary N) is 2. The van der Waals surface area contributed by atoms with E-state index in [0.29, 0.717) is 18.6 Å². The average Bonchev–Trinajstić information content (AvgIpc) is 2.56. The van der Waals surface area contributed by atoms with Crippen molar-refractivity contribution in [2.75, 3.05) is 33.4 Å². The van der Waals surface area contributed by atoms with Crippen LogP contribution >= 0.6 is 24.0 Å². The Hall–Kier alpha value is -0.930. The van der Waals surface area contributed by atoms with E-state index in [4.69, 9.17) is 4.74 Å². The lowest BCUT2D eigenvalue weighted by Crippen LogP contribution is -2.52. The van der Waals surface area contributed by atoms with Gasteiger partial charge in [0.1, 0.15) is 5.82 Å². The summed E-state index contributed by atoms with van der Waals surface area (Å²) in [5.41, 5.74) is 1.02. The fourth-order valence-electron chi connectivity index (χ4n) is 2.77. The maximum atomic E-state index is 12.9. The highest BCUT2D eigenvalue weighted by Crippen LogP contribution is 2.10. The zero-order chi connectivity index (χ0) is 16.7. The van der Waals surface area contributed by atoms with Crippen LogP contribution < -0.4 is 10.6 Å². The summed E-state index contributed by atoms with van der Waals surface area (Å²) < 4.78 is 18.4. The average molecular weight is 450 g/mol. The van der Waals surface area contributed by atoms with Crippen molar-refractivity contribution in [1.82, 2.24) is 15.5 Å². The third kappa shape index (κ3) is 6.52. The molecule has 0 saturated carbocycles.